The molecule has 0 atom stereocenters. The first kappa shape index (κ1) is 14.1. The standard InChI is InChI=1S/C16H20N2O3/c1-19-14-4-2-13(3-5-14)16-12-15(21-17-16)6-7-18-8-10-20-11-9-18/h2-5,12H,6-11H2,1H3. The van der Waals surface area contributed by atoms with Crippen LogP contribution in [0.15, 0.2) is 34.9 Å². The summed E-state index contributed by atoms with van der Waals surface area (Å²) in [5.41, 5.74) is 1.91. The van der Waals surface area contributed by atoms with Crippen LogP contribution < -0.4 is 4.74 Å². The summed E-state index contributed by atoms with van der Waals surface area (Å²) in [6, 6.07) is 9.85. The summed E-state index contributed by atoms with van der Waals surface area (Å²) in [6.07, 6.45) is 0.878. The molecule has 0 bridgehead atoms. The van der Waals surface area contributed by atoms with Gasteiger partial charge in [-0.3, -0.25) is 4.90 Å². The Hall–Kier alpha value is -1.85. The number of hydrogen-bond acceptors (Lipinski definition) is 5. The first-order chi connectivity index (χ1) is 10.3. The number of methoxy groups -OCH3 is 1. The van der Waals surface area contributed by atoms with E-state index in [4.69, 9.17) is 14.0 Å². The average Bonchev–Trinajstić information content (AvgIpc) is 3.03. The normalized spacial score (nSPS) is 16.0. The Labute approximate surface area is 124 Å². The van der Waals surface area contributed by atoms with E-state index in [1.165, 1.54) is 0 Å². The van der Waals surface area contributed by atoms with Gasteiger partial charge in [0.05, 0.1) is 20.3 Å². The SMILES string of the molecule is COc1ccc(-c2cc(CCN3CCOCC3)on2)cc1. The first-order valence-corrected chi connectivity index (χ1v) is 7.25. The molecule has 1 aromatic carbocycles. The smallest absolute Gasteiger partial charge is 0.138 e. The predicted molar refractivity (Wildman–Crippen MR) is 79.5 cm³/mol. The van der Waals surface area contributed by atoms with Crippen molar-refractivity contribution < 1.29 is 14.0 Å². The number of rotatable bonds is 5. The van der Waals surface area contributed by atoms with E-state index in [1.807, 2.05) is 30.3 Å². The minimum atomic E-state index is 0.827. The summed E-state index contributed by atoms with van der Waals surface area (Å²) in [5.74, 6) is 1.77. The van der Waals surface area contributed by atoms with Gasteiger partial charge in [0.2, 0.25) is 0 Å². The van der Waals surface area contributed by atoms with Gasteiger partial charge >= 0.3 is 0 Å². The van der Waals surface area contributed by atoms with Gasteiger partial charge in [0, 0.05) is 37.7 Å². The molecule has 1 aliphatic rings. The van der Waals surface area contributed by atoms with E-state index < -0.39 is 0 Å². The molecule has 0 amide bonds. The van der Waals surface area contributed by atoms with Crippen LogP contribution in [0, 0.1) is 0 Å². The highest BCUT2D eigenvalue weighted by atomic mass is 16.5. The van der Waals surface area contributed by atoms with Gasteiger partial charge in [-0.05, 0) is 24.3 Å². The summed E-state index contributed by atoms with van der Waals surface area (Å²) in [6.45, 7) is 4.64. The molecule has 1 saturated heterocycles. The van der Waals surface area contributed by atoms with Crippen molar-refractivity contribution in [2.24, 2.45) is 0 Å². The van der Waals surface area contributed by atoms with Gasteiger partial charge in [-0.15, -0.1) is 0 Å². The van der Waals surface area contributed by atoms with Crippen LogP contribution in [0.5, 0.6) is 5.75 Å². The lowest BCUT2D eigenvalue weighted by Gasteiger charge is -2.25. The van der Waals surface area contributed by atoms with Crippen molar-refractivity contribution in [1.29, 1.82) is 0 Å². The van der Waals surface area contributed by atoms with Crippen LogP contribution in [0.2, 0.25) is 0 Å². The Balaban J connectivity index is 1.59. The number of aromatic nitrogens is 1. The van der Waals surface area contributed by atoms with Crippen LogP contribution in [0.4, 0.5) is 0 Å². The first-order valence-electron chi connectivity index (χ1n) is 7.25. The lowest BCUT2D eigenvalue weighted by atomic mass is 10.1. The topological polar surface area (TPSA) is 47.7 Å². The van der Waals surface area contributed by atoms with Crippen LogP contribution in [0.1, 0.15) is 5.76 Å². The van der Waals surface area contributed by atoms with E-state index in [-0.39, 0.29) is 0 Å². The van der Waals surface area contributed by atoms with Crippen LogP contribution in [0.3, 0.4) is 0 Å². The predicted octanol–water partition coefficient (Wildman–Crippen LogP) is 2.22. The average molecular weight is 288 g/mol. The maximum Gasteiger partial charge on any atom is 0.138 e. The third-order valence-corrected chi connectivity index (χ3v) is 3.72. The molecule has 1 aliphatic heterocycles. The van der Waals surface area contributed by atoms with Gasteiger partial charge in [0.1, 0.15) is 17.2 Å². The van der Waals surface area contributed by atoms with Crippen molar-refractivity contribution in [3.05, 3.63) is 36.1 Å². The quantitative estimate of drug-likeness (QED) is 0.844. The molecule has 2 aromatic rings. The van der Waals surface area contributed by atoms with Gasteiger partial charge in [0.15, 0.2) is 0 Å². The summed E-state index contributed by atoms with van der Waals surface area (Å²) >= 11 is 0. The van der Waals surface area contributed by atoms with Crippen molar-refractivity contribution in [2.75, 3.05) is 40.0 Å². The Kier molecular flexibility index (Phi) is 4.52. The summed E-state index contributed by atoms with van der Waals surface area (Å²) in [5, 5.41) is 4.15. The highest BCUT2D eigenvalue weighted by molar-refractivity contribution is 5.59. The molecule has 0 N–H and O–H groups in total. The molecule has 0 unspecified atom stereocenters. The maximum absolute atomic E-state index is 5.43. The second-order valence-corrected chi connectivity index (χ2v) is 5.11. The van der Waals surface area contributed by atoms with Crippen molar-refractivity contribution >= 4 is 0 Å². The fourth-order valence-electron chi connectivity index (χ4n) is 2.42. The highest BCUT2D eigenvalue weighted by Gasteiger charge is 2.12. The number of ether oxygens (including phenoxy) is 2. The van der Waals surface area contributed by atoms with Gasteiger partial charge in [-0.1, -0.05) is 5.16 Å². The molecule has 5 heteroatoms. The van der Waals surface area contributed by atoms with Crippen molar-refractivity contribution in [2.45, 2.75) is 6.42 Å². The molecule has 2 heterocycles. The largest absolute Gasteiger partial charge is 0.497 e. The summed E-state index contributed by atoms with van der Waals surface area (Å²) < 4.78 is 15.9. The Bertz CT molecular complexity index is 559. The summed E-state index contributed by atoms with van der Waals surface area (Å²) in [7, 11) is 1.66. The van der Waals surface area contributed by atoms with E-state index in [9.17, 15) is 0 Å². The second kappa shape index (κ2) is 6.74. The second-order valence-electron chi connectivity index (χ2n) is 5.11. The van der Waals surface area contributed by atoms with Gasteiger partial charge in [-0.2, -0.15) is 0 Å². The summed E-state index contributed by atoms with van der Waals surface area (Å²) in [4.78, 5) is 2.39. The van der Waals surface area contributed by atoms with Gasteiger partial charge in [-0.25, -0.2) is 0 Å². The number of benzene rings is 1. The lowest BCUT2D eigenvalue weighted by molar-refractivity contribution is 0.0377. The number of morpholine rings is 1. The number of nitrogens with zero attached hydrogens (tertiary/aromatic N) is 2. The van der Waals surface area contributed by atoms with E-state index in [1.54, 1.807) is 7.11 Å². The molecular formula is C16H20N2O3. The Morgan fingerprint density at radius 3 is 2.67 bits per heavy atom. The van der Waals surface area contributed by atoms with E-state index in [0.29, 0.717) is 0 Å². The van der Waals surface area contributed by atoms with Crippen molar-refractivity contribution in [1.82, 2.24) is 10.1 Å². The molecule has 0 spiro atoms. The molecule has 0 saturated carbocycles. The van der Waals surface area contributed by atoms with Crippen molar-refractivity contribution in [3.8, 4) is 17.0 Å². The van der Waals surface area contributed by atoms with Crippen LogP contribution in [0.25, 0.3) is 11.3 Å². The minimum absolute atomic E-state index is 0.827. The lowest BCUT2D eigenvalue weighted by Crippen LogP contribution is -2.37. The Morgan fingerprint density at radius 2 is 1.95 bits per heavy atom. The Morgan fingerprint density at radius 1 is 1.19 bits per heavy atom. The van der Waals surface area contributed by atoms with Gasteiger partial charge < -0.3 is 14.0 Å². The van der Waals surface area contributed by atoms with E-state index >= 15 is 0 Å². The molecular weight excluding hydrogens is 268 g/mol. The third-order valence-electron chi connectivity index (χ3n) is 3.72. The molecule has 21 heavy (non-hydrogen) atoms. The van der Waals surface area contributed by atoms with E-state index in [0.717, 1.165) is 62.0 Å². The molecule has 5 nitrogen and oxygen atoms in total. The molecule has 1 fully saturated rings. The zero-order valence-electron chi connectivity index (χ0n) is 12.2. The minimum Gasteiger partial charge on any atom is -0.497 e. The van der Waals surface area contributed by atoms with Crippen LogP contribution in [-0.4, -0.2) is 50.0 Å². The monoisotopic (exact) mass is 288 g/mol. The van der Waals surface area contributed by atoms with Crippen LogP contribution >= 0.6 is 0 Å². The maximum atomic E-state index is 5.43. The zero-order valence-corrected chi connectivity index (χ0v) is 12.2. The molecule has 0 radical (unpaired) electrons. The third kappa shape index (κ3) is 3.62. The van der Waals surface area contributed by atoms with Crippen molar-refractivity contribution in [3.63, 3.8) is 0 Å². The van der Waals surface area contributed by atoms with E-state index in [2.05, 4.69) is 10.1 Å². The molecule has 112 valence electrons. The highest BCUT2D eigenvalue weighted by Crippen LogP contribution is 2.22. The molecule has 3 rings (SSSR count). The van der Waals surface area contributed by atoms with Gasteiger partial charge in [0.25, 0.3) is 0 Å². The molecule has 1 aromatic heterocycles. The number of hydrogen-bond donors (Lipinski definition) is 0. The zero-order chi connectivity index (χ0) is 14.5. The fourth-order valence-corrected chi connectivity index (χ4v) is 2.42. The van der Waals surface area contributed by atoms with Crippen LogP contribution in [-0.2, 0) is 11.2 Å². The molecule has 0 aliphatic carbocycles. The fraction of sp³-hybridized carbons (Fsp3) is 0.438.